The van der Waals surface area contributed by atoms with Crippen LogP contribution in [0.15, 0.2) is 30.3 Å². The van der Waals surface area contributed by atoms with Crippen molar-refractivity contribution in [3.8, 4) is 0 Å². The van der Waals surface area contributed by atoms with Gasteiger partial charge in [0.25, 0.3) is 0 Å². The Labute approximate surface area is 81.1 Å². The maximum atomic E-state index is 5.21. The molecule has 1 heterocycles. The van der Waals surface area contributed by atoms with E-state index in [1.807, 2.05) is 18.2 Å². The molecule has 1 fully saturated rings. The predicted octanol–water partition coefficient (Wildman–Crippen LogP) is 2.78. The van der Waals surface area contributed by atoms with Crippen LogP contribution in [0, 0.1) is 0 Å². The monoisotopic (exact) mass is 196 g/mol. The largest absolute Gasteiger partial charge is 0.477 e. The van der Waals surface area contributed by atoms with Crippen molar-refractivity contribution in [1.82, 2.24) is 0 Å². The third kappa shape index (κ3) is 1.62. The molecule has 0 N–H and O–H groups in total. The van der Waals surface area contributed by atoms with E-state index in [2.05, 4.69) is 12.1 Å². The third-order valence-corrected chi connectivity index (χ3v) is 3.17. The van der Waals surface area contributed by atoms with E-state index in [4.69, 9.17) is 17.0 Å². The molecule has 1 unspecified atom stereocenters. The maximum absolute atomic E-state index is 5.21. The van der Waals surface area contributed by atoms with Gasteiger partial charge in [-0.05, 0) is 17.8 Å². The molecule has 12 heavy (non-hydrogen) atoms. The van der Waals surface area contributed by atoms with Gasteiger partial charge in [-0.1, -0.05) is 42.1 Å². The van der Waals surface area contributed by atoms with Gasteiger partial charge in [0.1, 0.15) is 6.61 Å². The Morgan fingerprint density at radius 1 is 1.33 bits per heavy atom. The Bertz CT molecular complexity index is 284. The average Bonchev–Trinajstić information content (AvgIpc) is 2.54. The van der Waals surface area contributed by atoms with Crippen LogP contribution < -0.4 is 0 Å². The lowest BCUT2D eigenvalue weighted by atomic mass is 10.2. The first-order valence-electron chi connectivity index (χ1n) is 3.74. The summed E-state index contributed by atoms with van der Waals surface area (Å²) < 4.78 is 5.88. The third-order valence-electron chi connectivity index (χ3n) is 1.76. The van der Waals surface area contributed by atoms with Gasteiger partial charge in [0.15, 0.2) is 0 Å². The molecule has 1 nitrogen and oxygen atoms in total. The van der Waals surface area contributed by atoms with E-state index in [1.54, 1.807) is 11.8 Å². The highest BCUT2D eigenvalue weighted by Crippen LogP contribution is 2.35. The van der Waals surface area contributed by atoms with E-state index in [-0.39, 0.29) is 0 Å². The van der Waals surface area contributed by atoms with Gasteiger partial charge in [-0.3, -0.25) is 0 Å². The molecule has 0 bridgehead atoms. The highest BCUT2D eigenvalue weighted by molar-refractivity contribution is 8.23. The first-order chi connectivity index (χ1) is 5.86. The van der Waals surface area contributed by atoms with Crippen LogP contribution in [0.4, 0.5) is 0 Å². The molecule has 0 aromatic heterocycles. The first-order valence-corrected chi connectivity index (χ1v) is 5.03. The molecule has 1 saturated heterocycles. The summed E-state index contributed by atoms with van der Waals surface area (Å²) in [5.41, 5.74) is 1.29. The molecule has 3 heteroatoms. The molecule has 1 aliphatic rings. The number of thioether (sulfide) groups is 1. The minimum Gasteiger partial charge on any atom is -0.477 e. The number of hydrogen-bond acceptors (Lipinski definition) is 3. The number of hydrogen-bond donors (Lipinski definition) is 0. The summed E-state index contributed by atoms with van der Waals surface area (Å²) in [6, 6.07) is 10.3. The van der Waals surface area contributed by atoms with Crippen molar-refractivity contribution in [3.63, 3.8) is 0 Å². The van der Waals surface area contributed by atoms with Crippen molar-refractivity contribution in [3.05, 3.63) is 35.9 Å². The highest BCUT2D eigenvalue weighted by atomic mass is 32.2. The fraction of sp³-hybridized carbons (Fsp3) is 0.222. The number of rotatable bonds is 1. The van der Waals surface area contributed by atoms with Gasteiger partial charge in [0.05, 0.1) is 5.25 Å². The molecule has 0 radical (unpaired) electrons. The van der Waals surface area contributed by atoms with E-state index >= 15 is 0 Å². The second-order valence-corrected chi connectivity index (χ2v) is 4.38. The summed E-state index contributed by atoms with van der Waals surface area (Å²) in [7, 11) is 0. The summed E-state index contributed by atoms with van der Waals surface area (Å²) in [5.74, 6) is 0. The zero-order valence-electron chi connectivity index (χ0n) is 6.40. The minimum absolute atomic E-state index is 0.402. The zero-order valence-corrected chi connectivity index (χ0v) is 8.03. The second kappa shape index (κ2) is 3.46. The lowest BCUT2D eigenvalue weighted by Gasteiger charge is -2.03. The van der Waals surface area contributed by atoms with Gasteiger partial charge in [-0.2, -0.15) is 0 Å². The van der Waals surface area contributed by atoms with Crippen molar-refractivity contribution in [2.75, 3.05) is 6.61 Å². The van der Waals surface area contributed by atoms with E-state index < -0.39 is 0 Å². The lowest BCUT2D eigenvalue weighted by molar-refractivity contribution is 0.337. The van der Waals surface area contributed by atoms with Gasteiger partial charge in [0.2, 0.25) is 4.38 Å². The topological polar surface area (TPSA) is 9.23 Å². The Morgan fingerprint density at radius 2 is 2.08 bits per heavy atom. The second-order valence-electron chi connectivity index (χ2n) is 2.58. The summed E-state index contributed by atoms with van der Waals surface area (Å²) in [4.78, 5) is 0. The Morgan fingerprint density at radius 3 is 2.67 bits per heavy atom. The van der Waals surface area contributed by atoms with E-state index in [0.29, 0.717) is 16.2 Å². The Hall–Kier alpha value is -0.540. The standard InChI is InChI=1S/C9H8OS2/c11-9-10-6-8(12-9)7-4-2-1-3-5-7/h1-5,8H,6H2. The lowest BCUT2D eigenvalue weighted by Crippen LogP contribution is -1.93. The summed E-state index contributed by atoms with van der Waals surface area (Å²) in [6.07, 6.45) is 0. The van der Waals surface area contributed by atoms with Crippen LogP contribution in [0.2, 0.25) is 0 Å². The Balaban J connectivity index is 2.16. The number of benzene rings is 1. The van der Waals surface area contributed by atoms with E-state index in [9.17, 15) is 0 Å². The maximum Gasteiger partial charge on any atom is 0.220 e. The minimum atomic E-state index is 0.402. The normalized spacial score (nSPS) is 22.3. The molecule has 1 aromatic rings. The summed E-state index contributed by atoms with van der Waals surface area (Å²) in [5, 5.41) is 0.402. The van der Waals surface area contributed by atoms with Crippen molar-refractivity contribution < 1.29 is 4.74 Å². The molecule has 0 spiro atoms. The summed E-state index contributed by atoms with van der Waals surface area (Å²) in [6.45, 7) is 0.716. The Kier molecular flexibility index (Phi) is 2.33. The smallest absolute Gasteiger partial charge is 0.220 e. The number of ether oxygens (including phenoxy) is 1. The van der Waals surface area contributed by atoms with E-state index in [0.717, 1.165) is 0 Å². The van der Waals surface area contributed by atoms with Gasteiger partial charge < -0.3 is 4.74 Å². The molecule has 1 aliphatic heterocycles. The fourth-order valence-corrected chi connectivity index (χ4v) is 2.37. The van der Waals surface area contributed by atoms with Crippen molar-refractivity contribution >= 4 is 28.4 Å². The van der Waals surface area contributed by atoms with Gasteiger partial charge >= 0.3 is 0 Å². The highest BCUT2D eigenvalue weighted by Gasteiger charge is 2.22. The van der Waals surface area contributed by atoms with E-state index in [1.165, 1.54) is 5.56 Å². The zero-order chi connectivity index (χ0) is 8.39. The van der Waals surface area contributed by atoms with Crippen molar-refractivity contribution in [2.45, 2.75) is 5.25 Å². The molecule has 1 atom stereocenters. The molecule has 62 valence electrons. The molecule has 1 aromatic carbocycles. The van der Waals surface area contributed by atoms with Crippen LogP contribution in [-0.4, -0.2) is 11.0 Å². The number of thiocarbonyl (C=S) groups is 1. The van der Waals surface area contributed by atoms with Crippen molar-refractivity contribution in [1.29, 1.82) is 0 Å². The van der Waals surface area contributed by atoms with Crippen LogP contribution in [0.3, 0.4) is 0 Å². The molecule has 0 aliphatic carbocycles. The molecule has 0 saturated carbocycles. The van der Waals surface area contributed by atoms with Gasteiger partial charge in [-0.15, -0.1) is 0 Å². The van der Waals surface area contributed by atoms with Crippen LogP contribution in [0.1, 0.15) is 10.8 Å². The predicted molar refractivity (Wildman–Crippen MR) is 55.3 cm³/mol. The molecule has 0 amide bonds. The fourth-order valence-electron chi connectivity index (χ4n) is 1.16. The van der Waals surface area contributed by atoms with Gasteiger partial charge in [0, 0.05) is 0 Å². The van der Waals surface area contributed by atoms with Crippen LogP contribution >= 0.6 is 24.0 Å². The quantitative estimate of drug-likeness (QED) is 0.639. The first kappa shape index (κ1) is 8.08. The molecular formula is C9H8OS2. The van der Waals surface area contributed by atoms with Crippen LogP contribution in [0.25, 0.3) is 0 Å². The molecule has 2 rings (SSSR count). The van der Waals surface area contributed by atoms with Crippen LogP contribution in [-0.2, 0) is 4.74 Å². The SMILES string of the molecule is S=C1OCC(c2ccccc2)S1. The van der Waals surface area contributed by atoms with Gasteiger partial charge in [-0.25, -0.2) is 0 Å². The summed E-state index contributed by atoms with van der Waals surface area (Å²) >= 11 is 6.56. The van der Waals surface area contributed by atoms with Crippen molar-refractivity contribution in [2.24, 2.45) is 0 Å². The van der Waals surface area contributed by atoms with Crippen LogP contribution in [0.5, 0.6) is 0 Å². The average molecular weight is 196 g/mol. The molecular weight excluding hydrogens is 188 g/mol.